The van der Waals surface area contributed by atoms with Crippen molar-refractivity contribution in [2.75, 3.05) is 0 Å². The highest BCUT2D eigenvalue weighted by Gasteiger charge is 2.42. The summed E-state index contributed by atoms with van der Waals surface area (Å²) in [4.78, 5) is 16.3. The number of imidazole rings is 2. The van der Waals surface area contributed by atoms with Crippen molar-refractivity contribution < 1.29 is 0 Å². The van der Waals surface area contributed by atoms with E-state index in [9.17, 15) is 0 Å². The number of nitrogens with zero attached hydrogens (tertiary/aromatic N) is 6. The van der Waals surface area contributed by atoms with Crippen molar-refractivity contribution in [1.29, 1.82) is 0 Å². The molecule has 0 aliphatic carbocycles. The predicted octanol–water partition coefficient (Wildman–Crippen LogP) is 12.7. The molecule has 0 bridgehead atoms. The van der Waals surface area contributed by atoms with Crippen LogP contribution in [0.4, 0.5) is 0 Å². The van der Waals surface area contributed by atoms with Crippen LogP contribution >= 0.6 is 0 Å². The van der Waals surface area contributed by atoms with Crippen molar-refractivity contribution in [3.63, 3.8) is 0 Å². The third-order valence-electron chi connectivity index (χ3n) is 14.4. The second-order valence-corrected chi connectivity index (χ2v) is 22.2. The molecule has 0 aliphatic heterocycles. The number of para-hydroxylation sites is 4. The molecule has 0 saturated heterocycles. The standard InChI is InChI=1S/C65H44N6Si/c1-6-22-45(23-7-1)56-44-57(46-24-8-2-9-25-46)67-64(66-56)47-26-20-34-52(42-47)72(50-30-12-4-13-31-50,51-32-14-5-15-33-51)53-35-21-29-49(43-53)69-58-37-17-16-36-54(58)55-40-41-61-62(63(55)69)68-65-70(48-27-10-3-11-28-48)59-38-18-19-39-60(59)71(61)65/h1-44H. The van der Waals surface area contributed by atoms with Gasteiger partial charge in [0, 0.05) is 38.8 Å². The highest BCUT2D eigenvalue weighted by atomic mass is 28.3. The third kappa shape index (κ3) is 6.52. The van der Waals surface area contributed by atoms with Crippen LogP contribution in [0, 0.1) is 0 Å². The Bertz CT molecular complexity index is 4220. The van der Waals surface area contributed by atoms with Gasteiger partial charge < -0.3 is 4.57 Å². The van der Waals surface area contributed by atoms with E-state index < -0.39 is 8.07 Å². The van der Waals surface area contributed by atoms with Gasteiger partial charge in [0.25, 0.3) is 0 Å². The van der Waals surface area contributed by atoms with E-state index in [0.29, 0.717) is 5.82 Å². The maximum Gasteiger partial charge on any atom is 0.220 e. The van der Waals surface area contributed by atoms with Gasteiger partial charge in [0.1, 0.15) is 5.52 Å². The van der Waals surface area contributed by atoms with Crippen LogP contribution in [0.25, 0.3) is 94.9 Å². The number of rotatable bonds is 9. The molecule has 0 spiro atoms. The van der Waals surface area contributed by atoms with Crippen LogP contribution in [0.1, 0.15) is 0 Å². The Labute approximate surface area is 417 Å². The van der Waals surface area contributed by atoms with Crippen molar-refractivity contribution in [1.82, 2.24) is 28.5 Å². The number of hydrogen-bond donors (Lipinski definition) is 0. The molecule has 6 nitrogen and oxygen atoms in total. The summed E-state index contributed by atoms with van der Waals surface area (Å²) in [5.41, 5.74) is 13.4. The quantitative estimate of drug-likeness (QED) is 0.107. The fourth-order valence-electron chi connectivity index (χ4n) is 11.3. The summed E-state index contributed by atoms with van der Waals surface area (Å²) in [7, 11) is -3.13. The minimum absolute atomic E-state index is 0.685. The van der Waals surface area contributed by atoms with Gasteiger partial charge in [-0.2, -0.15) is 0 Å². The molecule has 14 aromatic rings. The first-order valence-corrected chi connectivity index (χ1v) is 26.4. The first-order chi connectivity index (χ1) is 35.7. The lowest BCUT2D eigenvalue weighted by Crippen LogP contribution is -2.74. The zero-order valence-corrected chi connectivity index (χ0v) is 40.1. The molecule has 14 rings (SSSR count). The van der Waals surface area contributed by atoms with Crippen molar-refractivity contribution >= 4 is 78.5 Å². The highest BCUT2D eigenvalue weighted by Crippen LogP contribution is 2.39. The lowest BCUT2D eigenvalue weighted by Gasteiger charge is -2.35. The van der Waals surface area contributed by atoms with Crippen molar-refractivity contribution in [3.8, 4) is 45.3 Å². The summed E-state index contributed by atoms with van der Waals surface area (Å²) < 4.78 is 7.07. The van der Waals surface area contributed by atoms with Crippen molar-refractivity contribution in [3.05, 3.63) is 267 Å². The van der Waals surface area contributed by atoms with Gasteiger partial charge in [-0.25, -0.2) is 15.0 Å². The van der Waals surface area contributed by atoms with Crippen LogP contribution in [0.3, 0.4) is 0 Å². The van der Waals surface area contributed by atoms with Crippen LogP contribution in [-0.2, 0) is 0 Å². The molecule has 0 amide bonds. The van der Waals surface area contributed by atoms with Crippen LogP contribution < -0.4 is 20.7 Å². The van der Waals surface area contributed by atoms with Gasteiger partial charge in [0.05, 0.1) is 39.0 Å². The second kappa shape index (κ2) is 16.9. The van der Waals surface area contributed by atoms with Gasteiger partial charge in [-0.05, 0) is 81.4 Å². The molecule has 0 radical (unpaired) electrons. The molecule has 0 atom stereocenters. The molecule has 0 aliphatic rings. The normalized spacial score (nSPS) is 11.9. The van der Waals surface area contributed by atoms with E-state index in [1.165, 1.54) is 26.1 Å². The molecule has 0 saturated carbocycles. The first kappa shape index (κ1) is 41.5. The maximum atomic E-state index is 5.64. The second-order valence-electron chi connectivity index (χ2n) is 18.4. The summed E-state index contributed by atoms with van der Waals surface area (Å²) in [6.45, 7) is 0. The average molecular weight is 937 g/mol. The highest BCUT2D eigenvalue weighted by molar-refractivity contribution is 7.20. The maximum absolute atomic E-state index is 5.64. The SMILES string of the molecule is c1ccc(-c2cc(-c3ccccc3)nc(-c3cccc([Si](c4ccccc4)(c4ccccc4)c4cccc(-n5c6ccccc6c6ccc7c(nc8n(-c9ccccc9)c9ccccc9n78)c65)c4)c3)n2)cc1. The molecule has 7 heteroatoms. The molecular weight excluding hydrogens is 893 g/mol. The predicted molar refractivity (Wildman–Crippen MR) is 299 cm³/mol. The van der Waals surface area contributed by atoms with Gasteiger partial charge in [-0.3, -0.25) is 8.97 Å². The number of hydrogen-bond acceptors (Lipinski definition) is 3. The molecule has 338 valence electrons. The minimum Gasteiger partial charge on any atom is -0.307 e. The fraction of sp³-hybridized carbons (Fsp3) is 0. The van der Waals surface area contributed by atoms with Gasteiger partial charge in [0.15, 0.2) is 13.9 Å². The number of aromatic nitrogens is 6. The molecule has 4 aromatic heterocycles. The van der Waals surface area contributed by atoms with E-state index in [1.807, 2.05) is 12.1 Å². The molecule has 10 aromatic carbocycles. The minimum atomic E-state index is -3.13. The Balaban J connectivity index is 1.03. The van der Waals surface area contributed by atoms with Crippen LogP contribution in [0.15, 0.2) is 267 Å². The molecular formula is C65H44N6Si. The van der Waals surface area contributed by atoms with Gasteiger partial charge in [-0.15, -0.1) is 0 Å². The zero-order chi connectivity index (χ0) is 47.6. The summed E-state index contributed by atoms with van der Waals surface area (Å²) in [5.74, 6) is 1.56. The van der Waals surface area contributed by atoms with Crippen LogP contribution in [0.2, 0.25) is 0 Å². The van der Waals surface area contributed by atoms with Gasteiger partial charge in [-0.1, -0.05) is 206 Å². The Morgan fingerprint density at radius 3 is 1.46 bits per heavy atom. The van der Waals surface area contributed by atoms with Gasteiger partial charge >= 0.3 is 0 Å². The largest absolute Gasteiger partial charge is 0.307 e. The lowest BCUT2D eigenvalue weighted by atomic mass is 10.1. The summed E-state index contributed by atoms with van der Waals surface area (Å²) in [6.07, 6.45) is 0. The average Bonchev–Trinajstić information content (AvgIpc) is 4.12. The summed E-state index contributed by atoms with van der Waals surface area (Å²) >= 11 is 0. The number of benzene rings is 10. The zero-order valence-electron chi connectivity index (χ0n) is 39.1. The summed E-state index contributed by atoms with van der Waals surface area (Å²) in [5, 5.41) is 7.40. The topological polar surface area (TPSA) is 52.9 Å². The van der Waals surface area contributed by atoms with E-state index in [-0.39, 0.29) is 0 Å². The van der Waals surface area contributed by atoms with Crippen molar-refractivity contribution in [2.45, 2.75) is 0 Å². The smallest absolute Gasteiger partial charge is 0.220 e. The number of fused-ring (bicyclic) bond motifs is 9. The third-order valence-corrected chi connectivity index (χ3v) is 19.1. The molecule has 0 fully saturated rings. The Morgan fingerprint density at radius 1 is 0.306 bits per heavy atom. The van der Waals surface area contributed by atoms with E-state index in [1.54, 1.807) is 0 Å². The Hall–Kier alpha value is -9.43. The molecule has 72 heavy (non-hydrogen) atoms. The van der Waals surface area contributed by atoms with Gasteiger partial charge in [0.2, 0.25) is 5.78 Å². The van der Waals surface area contributed by atoms with Crippen LogP contribution in [0.5, 0.6) is 0 Å². The van der Waals surface area contributed by atoms with E-state index in [4.69, 9.17) is 15.0 Å². The fourth-order valence-corrected chi connectivity index (χ4v) is 16.1. The first-order valence-electron chi connectivity index (χ1n) is 24.4. The Morgan fingerprint density at radius 2 is 0.806 bits per heavy atom. The molecule has 0 N–H and O–H groups in total. The lowest BCUT2D eigenvalue weighted by molar-refractivity contribution is 1.11. The van der Waals surface area contributed by atoms with Crippen LogP contribution in [-0.4, -0.2) is 36.6 Å². The molecule has 4 heterocycles. The van der Waals surface area contributed by atoms with Crippen molar-refractivity contribution in [2.24, 2.45) is 0 Å². The Kier molecular flexibility index (Phi) is 9.75. The summed E-state index contributed by atoms with van der Waals surface area (Å²) in [6, 6.07) is 96.1. The van der Waals surface area contributed by atoms with E-state index in [0.717, 1.165) is 83.7 Å². The van der Waals surface area contributed by atoms with E-state index >= 15 is 0 Å². The monoisotopic (exact) mass is 936 g/mol. The molecule has 0 unspecified atom stereocenters. The van der Waals surface area contributed by atoms with E-state index in [2.05, 4.69) is 268 Å².